The molecule has 0 spiro atoms. The average molecular weight is 227 g/mol. The summed E-state index contributed by atoms with van der Waals surface area (Å²) in [5.41, 5.74) is 6.19. The molecular formula is C11H21N3O2. The van der Waals surface area contributed by atoms with Crippen molar-refractivity contribution in [1.82, 2.24) is 4.98 Å². The zero-order valence-corrected chi connectivity index (χ0v) is 10.4. The first-order valence-electron chi connectivity index (χ1n) is 5.34. The summed E-state index contributed by atoms with van der Waals surface area (Å²) >= 11 is 0. The first-order valence-corrected chi connectivity index (χ1v) is 5.34. The minimum atomic E-state index is 0.512. The number of rotatable bonds is 5. The van der Waals surface area contributed by atoms with Crippen LogP contribution in [0.4, 0.5) is 5.69 Å². The van der Waals surface area contributed by atoms with Crippen molar-refractivity contribution in [3.63, 3.8) is 0 Å². The molecule has 0 aromatic carbocycles. The number of nitrogens with zero attached hydrogens (tertiary/aromatic N) is 1. The topological polar surface area (TPSA) is 69.4 Å². The van der Waals surface area contributed by atoms with E-state index in [2.05, 4.69) is 10.3 Å². The third kappa shape index (κ3) is 4.35. The van der Waals surface area contributed by atoms with Crippen LogP contribution >= 0.6 is 0 Å². The molecule has 1 aromatic rings. The molecule has 5 nitrogen and oxygen atoms in total. The lowest BCUT2D eigenvalue weighted by atomic mass is 10.4. The molecule has 1 rings (SSSR count). The Morgan fingerprint density at radius 1 is 1.25 bits per heavy atom. The number of hydrogen-bond donors (Lipinski definition) is 2. The van der Waals surface area contributed by atoms with Gasteiger partial charge in [-0.1, -0.05) is 13.8 Å². The van der Waals surface area contributed by atoms with Crippen molar-refractivity contribution in [3.05, 3.63) is 12.1 Å². The van der Waals surface area contributed by atoms with Gasteiger partial charge in [-0.2, -0.15) is 4.98 Å². The van der Waals surface area contributed by atoms with Crippen LogP contribution in [-0.4, -0.2) is 32.3 Å². The van der Waals surface area contributed by atoms with Gasteiger partial charge in [0.2, 0.25) is 11.8 Å². The van der Waals surface area contributed by atoms with Crippen molar-refractivity contribution in [3.8, 4) is 11.8 Å². The minimum absolute atomic E-state index is 0.512. The van der Waals surface area contributed by atoms with Crippen LogP contribution in [0.1, 0.15) is 13.8 Å². The molecule has 0 radical (unpaired) electrons. The summed E-state index contributed by atoms with van der Waals surface area (Å²) < 4.78 is 10.1. The largest absolute Gasteiger partial charge is 0.481 e. The Kier molecular flexibility index (Phi) is 7.97. The van der Waals surface area contributed by atoms with Crippen molar-refractivity contribution >= 4 is 5.69 Å². The molecule has 16 heavy (non-hydrogen) atoms. The maximum Gasteiger partial charge on any atom is 0.240 e. The van der Waals surface area contributed by atoms with E-state index >= 15 is 0 Å². The number of pyridine rings is 1. The van der Waals surface area contributed by atoms with Crippen molar-refractivity contribution in [2.24, 2.45) is 5.73 Å². The van der Waals surface area contributed by atoms with Crippen LogP contribution in [0.25, 0.3) is 0 Å². The highest BCUT2D eigenvalue weighted by Crippen LogP contribution is 2.24. The Morgan fingerprint density at radius 2 is 1.94 bits per heavy atom. The van der Waals surface area contributed by atoms with Crippen LogP contribution in [0.2, 0.25) is 0 Å². The van der Waals surface area contributed by atoms with Gasteiger partial charge in [-0.05, 0) is 6.07 Å². The highest BCUT2D eigenvalue weighted by atomic mass is 16.5. The molecule has 0 aliphatic rings. The molecule has 0 atom stereocenters. The van der Waals surface area contributed by atoms with Gasteiger partial charge in [-0.15, -0.1) is 0 Å². The summed E-state index contributed by atoms with van der Waals surface area (Å²) in [6, 6.07) is 3.61. The third-order valence-electron chi connectivity index (χ3n) is 1.70. The third-order valence-corrected chi connectivity index (χ3v) is 1.70. The second kappa shape index (κ2) is 8.79. The molecule has 5 heteroatoms. The van der Waals surface area contributed by atoms with E-state index in [4.69, 9.17) is 15.2 Å². The molecule has 1 heterocycles. The number of aromatic nitrogens is 1. The van der Waals surface area contributed by atoms with Gasteiger partial charge in [0.1, 0.15) is 0 Å². The standard InChI is InChI=1S/C9H15N3O2.C2H6/c1-13-8-4-3-7(11-6-5-10)9(12-8)14-2;1-2/h3-4,11H,5-6,10H2,1-2H3;1-2H3. The molecule has 0 saturated carbocycles. The zero-order valence-electron chi connectivity index (χ0n) is 10.4. The van der Waals surface area contributed by atoms with E-state index in [1.807, 2.05) is 19.9 Å². The van der Waals surface area contributed by atoms with E-state index in [1.54, 1.807) is 20.3 Å². The molecule has 0 unspecified atom stereocenters. The van der Waals surface area contributed by atoms with Gasteiger partial charge < -0.3 is 20.5 Å². The molecule has 0 bridgehead atoms. The second-order valence-electron chi connectivity index (χ2n) is 2.63. The number of hydrogen-bond acceptors (Lipinski definition) is 5. The van der Waals surface area contributed by atoms with Crippen molar-refractivity contribution in [2.45, 2.75) is 13.8 Å². The van der Waals surface area contributed by atoms with E-state index < -0.39 is 0 Å². The van der Waals surface area contributed by atoms with Gasteiger partial charge in [-0.25, -0.2) is 0 Å². The van der Waals surface area contributed by atoms with Gasteiger partial charge in [0.25, 0.3) is 0 Å². The lowest BCUT2D eigenvalue weighted by Gasteiger charge is -2.10. The van der Waals surface area contributed by atoms with Gasteiger partial charge in [0.15, 0.2) is 0 Å². The van der Waals surface area contributed by atoms with Crippen LogP contribution < -0.4 is 20.5 Å². The Hall–Kier alpha value is -1.49. The molecule has 0 aliphatic carbocycles. The molecule has 92 valence electrons. The summed E-state index contributed by atoms with van der Waals surface area (Å²) in [4.78, 5) is 4.11. The fourth-order valence-electron chi connectivity index (χ4n) is 1.03. The SMILES string of the molecule is CC.COc1ccc(NCCN)c(OC)n1. The molecule has 1 aromatic heterocycles. The number of nitrogens with one attached hydrogen (secondary N) is 1. The quantitative estimate of drug-likeness (QED) is 0.797. The highest BCUT2D eigenvalue weighted by Gasteiger charge is 2.04. The van der Waals surface area contributed by atoms with Crippen LogP contribution in [0.5, 0.6) is 11.8 Å². The van der Waals surface area contributed by atoms with Crippen molar-refractivity contribution in [1.29, 1.82) is 0 Å². The fraction of sp³-hybridized carbons (Fsp3) is 0.545. The Labute approximate surface area is 97.0 Å². The van der Waals surface area contributed by atoms with E-state index in [0.29, 0.717) is 24.8 Å². The fourth-order valence-corrected chi connectivity index (χ4v) is 1.03. The summed E-state index contributed by atoms with van der Waals surface area (Å²) in [5.74, 6) is 1.04. The predicted octanol–water partition coefficient (Wildman–Crippen LogP) is 1.50. The molecule has 0 aliphatic heterocycles. The first kappa shape index (κ1) is 14.5. The first-order chi connectivity index (χ1) is 7.81. The van der Waals surface area contributed by atoms with Crippen LogP contribution in [0, 0.1) is 0 Å². The van der Waals surface area contributed by atoms with Gasteiger partial charge in [-0.3, -0.25) is 0 Å². The van der Waals surface area contributed by atoms with Gasteiger partial charge in [0, 0.05) is 19.2 Å². The Morgan fingerprint density at radius 3 is 2.44 bits per heavy atom. The maximum absolute atomic E-state index is 5.38. The van der Waals surface area contributed by atoms with E-state index in [-0.39, 0.29) is 0 Å². The summed E-state index contributed by atoms with van der Waals surface area (Å²) in [7, 11) is 3.13. The van der Waals surface area contributed by atoms with E-state index in [1.165, 1.54) is 0 Å². The number of methoxy groups -OCH3 is 2. The summed E-state index contributed by atoms with van der Waals surface area (Å²) in [6.45, 7) is 5.25. The van der Waals surface area contributed by atoms with E-state index in [9.17, 15) is 0 Å². The molecule has 0 amide bonds. The number of ether oxygens (including phenoxy) is 2. The van der Waals surface area contributed by atoms with Gasteiger partial charge >= 0.3 is 0 Å². The van der Waals surface area contributed by atoms with Crippen molar-refractivity contribution < 1.29 is 9.47 Å². The molecule has 3 N–H and O–H groups in total. The summed E-state index contributed by atoms with van der Waals surface area (Å²) in [6.07, 6.45) is 0. The van der Waals surface area contributed by atoms with Crippen LogP contribution in [-0.2, 0) is 0 Å². The number of nitrogens with two attached hydrogens (primary N) is 1. The van der Waals surface area contributed by atoms with Crippen LogP contribution in [0.3, 0.4) is 0 Å². The average Bonchev–Trinajstić information content (AvgIpc) is 2.38. The van der Waals surface area contributed by atoms with Crippen LogP contribution in [0.15, 0.2) is 12.1 Å². The minimum Gasteiger partial charge on any atom is -0.481 e. The second-order valence-corrected chi connectivity index (χ2v) is 2.63. The zero-order chi connectivity index (χ0) is 12.4. The summed E-state index contributed by atoms with van der Waals surface area (Å²) in [5, 5.41) is 3.10. The number of anilines is 1. The highest BCUT2D eigenvalue weighted by molar-refractivity contribution is 5.53. The van der Waals surface area contributed by atoms with Crippen molar-refractivity contribution in [2.75, 3.05) is 32.6 Å². The Balaban J connectivity index is 0.00000106. The molecule has 0 saturated heterocycles. The lowest BCUT2D eigenvalue weighted by molar-refractivity contribution is 0.366. The predicted molar refractivity (Wildman–Crippen MR) is 66.2 cm³/mol. The lowest BCUT2D eigenvalue weighted by Crippen LogP contribution is -2.13. The molecule has 0 fully saturated rings. The Bertz CT molecular complexity index is 293. The molecular weight excluding hydrogens is 206 g/mol. The normalized spacial score (nSPS) is 8.81. The maximum atomic E-state index is 5.38. The monoisotopic (exact) mass is 227 g/mol. The smallest absolute Gasteiger partial charge is 0.240 e. The van der Waals surface area contributed by atoms with E-state index in [0.717, 1.165) is 5.69 Å². The van der Waals surface area contributed by atoms with Gasteiger partial charge in [0.05, 0.1) is 19.9 Å².